The zero-order valence-electron chi connectivity index (χ0n) is 11.2. The van der Waals surface area contributed by atoms with Gasteiger partial charge in [0, 0.05) is 6.42 Å². The second kappa shape index (κ2) is 5.53. The normalized spacial score (nSPS) is 22.8. The molecule has 0 bridgehead atoms. The van der Waals surface area contributed by atoms with E-state index in [1.165, 1.54) is 12.0 Å². The fourth-order valence-corrected chi connectivity index (χ4v) is 2.56. The first-order valence-corrected chi connectivity index (χ1v) is 6.93. The van der Waals surface area contributed by atoms with Gasteiger partial charge in [0.2, 0.25) is 5.89 Å². The summed E-state index contributed by atoms with van der Waals surface area (Å²) in [6.07, 6.45) is 2.95. The lowest BCUT2D eigenvalue weighted by Crippen LogP contribution is -2.16. The van der Waals surface area contributed by atoms with Gasteiger partial charge in [-0.1, -0.05) is 42.4 Å². The predicted octanol–water partition coefficient (Wildman–Crippen LogP) is 2.53. The summed E-state index contributed by atoms with van der Waals surface area (Å²) in [7, 11) is 0. The van der Waals surface area contributed by atoms with Crippen LogP contribution in [0.4, 0.5) is 0 Å². The number of hydrogen-bond donors (Lipinski definition) is 1. The largest absolute Gasteiger partial charge is 0.338 e. The maximum Gasteiger partial charge on any atom is 0.244 e. The maximum absolute atomic E-state index is 5.38. The van der Waals surface area contributed by atoms with E-state index in [4.69, 9.17) is 4.52 Å². The van der Waals surface area contributed by atoms with Crippen molar-refractivity contribution in [2.24, 2.45) is 5.92 Å². The molecule has 100 valence electrons. The number of benzene rings is 1. The lowest BCUT2D eigenvalue weighted by atomic mass is 10.0. The first kappa shape index (κ1) is 12.4. The minimum absolute atomic E-state index is 0.234. The number of nitrogens with one attached hydrogen (secondary N) is 1. The van der Waals surface area contributed by atoms with Gasteiger partial charge in [-0.15, -0.1) is 0 Å². The van der Waals surface area contributed by atoms with Crippen LogP contribution >= 0.6 is 0 Å². The van der Waals surface area contributed by atoms with E-state index in [1.54, 1.807) is 0 Å². The third-order valence-electron chi connectivity index (χ3n) is 3.76. The van der Waals surface area contributed by atoms with Gasteiger partial charge in [0.05, 0.1) is 6.04 Å². The molecule has 1 aromatic carbocycles. The molecule has 0 spiro atoms. The van der Waals surface area contributed by atoms with Gasteiger partial charge >= 0.3 is 0 Å². The second-order valence-electron chi connectivity index (χ2n) is 5.23. The summed E-state index contributed by atoms with van der Waals surface area (Å²) in [5.74, 6) is 2.12. The molecule has 4 heteroatoms. The number of aryl methyl sites for hydroxylation is 2. The van der Waals surface area contributed by atoms with E-state index in [9.17, 15) is 0 Å². The number of hydrogen-bond acceptors (Lipinski definition) is 4. The number of nitrogens with zero attached hydrogens (tertiary/aromatic N) is 2. The Morgan fingerprint density at radius 2 is 2.11 bits per heavy atom. The van der Waals surface area contributed by atoms with Crippen molar-refractivity contribution in [3.63, 3.8) is 0 Å². The quantitative estimate of drug-likeness (QED) is 0.914. The molecule has 0 saturated carbocycles. The van der Waals surface area contributed by atoms with E-state index in [0.717, 1.165) is 31.1 Å². The van der Waals surface area contributed by atoms with Crippen molar-refractivity contribution in [1.29, 1.82) is 0 Å². The highest BCUT2D eigenvalue weighted by molar-refractivity contribution is 5.15. The van der Waals surface area contributed by atoms with Gasteiger partial charge < -0.3 is 9.84 Å². The Kier molecular flexibility index (Phi) is 3.60. The molecule has 0 amide bonds. The highest BCUT2D eigenvalue weighted by atomic mass is 16.5. The van der Waals surface area contributed by atoms with Crippen LogP contribution in [-0.2, 0) is 12.8 Å². The lowest BCUT2D eigenvalue weighted by molar-refractivity contribution is 0.316. The van der Waals surface area contributed by atoms with E-state index in [0.29, 0.717) is 5.92 Å². The summed E-state index contributed by atoms with van der Waals surface area (Å²) in [6.45, 7) is 3.26. The van der Waals surface area contributed by atoms with Crippen molar-refractivity contribution >= 4 is 0 Å². The lowest BCUT2D eigenvalue weighted by Gasteiger charge is -2.09. The summed E-state index contributed by atoms with van der Waals surface area (Å²) >= 11 is 0. The fraction of sp³-hybridized carbons (Fsp3) is 0.467. The Balaban J connectivity index is 1.62. The molecule has 19 heavy (non-hydrogen) atoms. The molecule has 2 aromatic rings. The maximum atomic E-state index is 5.38. The van der Waals surface area contributed by atoms with Crippen LogP contribution in [-0.4, -0.2) is 16.7 Å². The molecule has 1 aromatic heterocycles. The van der Waals surface area contributed by atoms with Crippen molar-refractivity contribution in [3.8, 4) is 0 Å². The van der Waals surface area contributed by atoms with E-state index < -0.39 is 0 Å². The molecule has 1 aliphatic heterocycles. The monoisotopic (exact) mass is 257 g/mol. The molecule has 1 fully saturated rings. The summed E-state index contributed by atoms with van der Waals surface area (Å²) in [5.41, 5.74) is 1.31. The summed E-state index contributed by atoms with van der Waals surface area (Å²) in [6, 6.07) is 10.6. The second-order valence-corrected chi connectivity index (χ2v) is 5.23. The van der Waals surface area contributed by atoms with Crippen molar-refractivity contribution in [1.82, 2.24) is 15.5 Å². The van der Waals surface area contributed by atoms with E-state index >= 15 is 0 Å². The van der Waals surface area contributed by atoms with E-state index in [1.807, 2.05) is 6.07 Å². The van der Waals surface area contributed by atoms with Gasteiger partial charge in [-0.05, 0) is 30.9 Å². The van der Waals surface area contributed by atoms with Crippen molar-refractivity contribution < 1.29 is 4.52 Å². The minimum Gasteiger partial charge on any atom is -0.338 e. The topological polar surface area (TPSA) is 51.0 Å². The predicted molar refractivity (Wildman–Crippen MR) is 72.7 cm³/mol. The molecule has 0 aliphatic carbocycles. The Morgan fingerprint density at radius 1 is 1.26 bits per heavy atom. The van der Waals surface area contributed by atoms with Gasteiger partial charge in [0.25, 0.3) is 0 Å². The summed E-state index contributed by atoms with van der Waals surface area (Å²) in [4.78, 5) is 4.52. The smallest absolute Gasteiger partial charge is 0.244 e. The van der Waals surface area contributed by atoms with E-state index in [2.05, 4.69) is 46.6 Å². The Labute approximate surface area is 113 Å². The first-order valence-electron chi connectivity index (χ1n) is 6.93. The van der Waals surface area contributed by atoms with Crippen LogP contribution in [0.2, 0.25) is 0 Å². The standard InChI is InChI=1S/C15H19N3O/c1-11-9-10-16-14(11)15-17-13(18-19-15)8-7-12-5-3-2-4-6-12/h2-6,11,14,16H,7-10H2,1H3. The van der Waals surface area contributed by atoms with Crippen LogP contribution in [0.3, 0.4) is 0 Å². The molecule has 2 heterocycles. The van der Waals surface area contributed by atoms with E-state index in [-0.39, 0.29) is 6.04 Å². The SMILES string of the molecule is CC1CCNC1c1nc(CCc2ccccc2)no1. The average Bonchev–Trinajstić information content (AvgIpc) is 3.06. The van der Waals surface area contributed by atoms with Crippen LogP contribution in [0.25, 0.3) is 0 Å². The Hall–Kier alpha value is -1.68. The molecule has 2 atom stereocenters. The molecule has 1 saturated heterocycles. The van der Waals surface area contributed by atoms with Gasteiger partial charge in [-0.3, -0.25) is 0 Å². The summed E-state index contributed by atoms with van der Waals surface area (Å²) in [5, 5.41) is 7.50. The Bertz CT molecular complexity index is 523. The van der Waals surface area contributed by atoms with Crippen molar-refractivity contribution in [3.05, 3.63) is 47.6 Å². The molecular formula is C15H19N3O. The molecule has 1 N–H and O–H groups in total. The molecule has 3 rings (SSSR count). The first-order chi connectivity index (χ1) is 9.33. The molecule has 2 unspecified atom stereocenters. The fourth-order valence-electron chi connectivity index (χ4n) is 2.56. The van der Waals surface area contributed by atoms with Gasteiger partial charge in [0.15, 0.2) is 5.82 Å². The van der Waals surface area contributed by atoms with Crippen LogP contribution in [0.1, 0.15) is 36.7 Å². The molecular weight excluding hydrogens is 238 g/mol. The number of rotatable bonds is 4. The van der Waals surface area contributed by atoms with Crippen LogP contribution < -0.4 is 5.32 Å². The number of aromatic nitrogens is 2. The molecule has 4 nitrogen and oxygen atoms in total. The zero-order valence-corrected chi connectivity index (χ0v) is 11.2. The third kappa shape index (κ3) is 2.84. The highest BCUT2D eigenvalue weighted by Crippen LogP contribution is 2.27. The molecule has 0 radical (unpaired) electrons. The van der Waals surface area contributed by atoms with Crippen LogP contribution in [0, 0.1) is 5.92 Å². The van der Waals surface area contributed by atoms with Gasteiger partial charge in [0.1, 0.15) is 0 Å². The highest BCUT2D eigenvalue weighted by Gasteiger charge is 2.29. The van der Waals surface area contributed by atoms with Crippen molar-refractivity contribution in [2.45, 2.75) is 32.2 Å². The van der Waals surface area contributed by atoms with Crippen molar-refractivity contribution in [2.75, 3.05) is 6.54 Å². The van der Waals surface area contributed by atoms with Crippen LogP contribution in [0.5, 0.6) is 0 Å². The third-order valence-corrected chi connectivity index (χ3v) is 3.76. The van der Waals surface area contributed by atoms with Gasteiger partial charge in [-0.25, -0.2) is 0 Å². The Morgan fingerprint density at radius 3 is 2.84 bits per heavy atom. The van der Waals surface area contributed by atoms with Crippen LogP contribution in [0.15, 0.2) is 34.9 Å². The zero-order chi connectivity index (χ0) is 13.1. The minimum atomic E-state index is 0.234. The average molecular weight is 257 g/mol. The molecule has 1 aliphatic rings. The van der Waals surface area contributed by atoms with Gasteiger partial charge in [-0.2, -0.15) is 4.98 Å². The summed E-state index contributed by atoms with van der Waals surface area (Å²) < 4.78 is 5.38.